The zero-order valence-electron chi connectivity index (χ0n) is 11.3. The molecule has 96 valence electrons. The van der Waals surface area contributed by atoms with Crippen molar-refractivity contribution in [3.8, 4) is 0 Å². The SMILES string of the molecule is CN(C)CCN(C)CCCc1cccc(N)c1. The Hall–Kier alpha value is -1.06. The van der Waals surface area contributed by atoms with Crippen LogP contribution in [0.4, 0.5) is 5.69 Å². The molecule has 0 unspecified atom stereocenters. The van der Waals surface area contributed by atoms with Gasteiger partial charge in [0, 0.05) is 18.8 Å². The molecule has 17 heavy (non-hydrogen) atoms. The van der Waals surface area contributed by atoms with Crippen LogP contribution < -0.4 is 5.73 Å². The van der Waals surface area contributed by atoms with Crippen molar-refractivity contribution >= 4 is 5.69 Å². The molecular formula is C14H25N3. The Bertz CT molecular complexity index is 323. The molecule has 0 aliphatic rings. The number of anilines is 1. The Morgan fingerprint density at radius 2 is 1.82 bits per heavy atom. The molecule has 0 heterocycles. The van der Waals surface area contributed by atoms with Gasteiger partial charge in [-0.15, -0.1) is 0 Å². The number of nitrogens with two attached hydrogens (primary N) is 1. The lowest BCUT2D eigenvalue weighted by Gasteiger charge is -2.19. The topological polar surface area (TPSA) is 32.5 Å². The van der Waals surface area contributed by atoms with Gasteiger partial charge in [-0.05, 0) is 58.2 Å². The van der Waals surface area contributed by atoms with Gasteiger partial charge in [-0.3, -0.25) is 0 Å². The summed E-state index contributed by atoms with van der Waals surface area (Å²) in [6.07, 6.45) is 2.30. The first-order valence-corrected chi connectivity index (χ1v) is 6.25. The van der Waals surface area contributed by atoms with Crippen molar-refractivity contribution in [2.75, 3.05) is 46.5 Å². The fraction of sp³-hybridized carbons (Fsp3) is 0.571. The van der Waals surface area contributed by atoms with E-state index in [2.05, 4.69) is 43.1 Å². The summed E-state index contributed by atoms with van der Waals surface area (Å²) in [5.74, 6) is 0. The predicted octanol–water partition coefficient (Wildman–Crippen LogP) is 1.69. The molecule has 3 heteroatoms. The van der Waals surface area contributed by atoms with Gasteiger partial charge in [0.05, 0.1) is 0 Å². The van der Waals surface area contributed by atoms with E-state index in [1.807, 2.05) is 12.1 Å². The standard InChI is InChI=1S/C14H25N3/c1-16(2)10-11-17(3)9-5-7-13-6-4-8-14(15)12-13/h4,6,8,12H,5,7,9-11,15H2,1-3H3. The average molecular weight is 235 g/mol. The third-order valence-corrected chi connectivity index (χ3v) is 2.89. The number of likely N-dealkylation sites (N-methyl/N-ethyl adjacent to an activating group) is 2. The molecule has 0 amide bonds. The van der Waals surface area contributed by atoms with Crippen molar-refractivity contribution in [1.82, 2.24) is 9.80 Å². The monoisotopic (exact) mass is 235 g/mol. The second-order valence-corrected chi connectivity index (χ2v) is 4.96. The van der Waals surface area contributed by atoms with Crippen molar-refractivity contribution < 1.29 is 0 Å². The van der Waals surface area contributed by atoms with Crippen LogP contribution in [0.15, 0.2) is 24.3 Å². The summed E-state index contributed by atoms with van der Waals surface area (Å²) in [5, 5.41) is 0. The summed E-state index contributed by atoms with van der Waals surface area (Å²) in [4.78, 5) is 4.60. The third kappa shape index (κ3) is 6.29. The Kier molecular flexibility index (Phi) is 6.01. The Morgan fingerprint density at radius 3 is 2.47 bits per heavy atom. The van der Waals surface area contributed by atoms with Crippen LogP contribution in [0.2, 0.25) is 0 Å². The highest BCUT2D eigenvalue weighted by Crippen LogP contribution is 2.08. The average Bonchev–Trinajstić information content (AvgIpc) is 2.26. The Balaban J connectivity index is 2.19. The lowest BCUT2D eigenvalue weighted by atomic mass is 10.1. The molecule has 0 spiro atoms. The second kappa shape index (κ2) is 7.30. The molecular weight excluding hydrogens is 210 g/mol. The third-order valence-electron chi connectivity index (χ3n) is 2.89. The molecule has 2 N–H and O–H groups in total. The number of aryl methyl sites for hydroxylation is 1. The second-order valence-electron chi connectivity index (χ2n) is 4.96. The molecule has 1 aromatic carbocycles. The van der Waals surface area contributed by atoms with Crippen LogP contribution in [-0.4, -0.2) is 50.6 Å². The smallest absolute Gasteiger partial charge is 0.0316 e. The van der Waals surface area contributed by atoms with Gasteiger partial charge in [0.1, 0.15) is 0 Å². The first-order chi connectivity index (χ1) is 8.08. The van der Waals surface area contributed by atoms with Crippen molar-refractivity contribution in [3.05, 3.63) is 29.8 Å². The molecule has 1 aromatic rings. The van der Waals surface area contributed by atoms with E-state index in [4.69, 9.17) is 5.73 Å². The van der Waals surface area contributed by atoms with Crippen LogP contribution >= 0.6 is 0 Å². The van der Waals surface area contributed by atoms with Crippen LogP contribution in [0.3, 0.4) is 0 Å². The molecule has 0 fully saturated rings. The predicted molar refractivity (Wildman–Crippen MR) is 75.2 cm³/mol. The van der Waals surface area contributed by atoms with Crippen molar-refractivity contribution in [2.45, 2.75) is 12.8 Å². The lowest BCUT2D eigenvalue weighted by molar-refractivity contribution is 0.280. The van der Waals surface area contributed by atoms with E-state index in [9.17, 15) is 0 Å². The molecule has 3 nitrogen and oxygen atoms in total. The van der Waals surface area contributed by atoms with E-state index < -0.39 is 0 Å². The Morgan fingerprint density at radius 1 is 1.06 bits per heavy atom. The van der Waals surface area contributed by atoms with E-state index in [-0.39, 0.29) is 0 Å². The summed E-state index contributed by atoms with van der Waals surface area (Å²) in [5.41, 5.74) is 7.96. The number of hydrogen-bond donors (Lipinski definition) is 1. The summed E-state index contributed by atoms with van der Waals surface area (Å²) in [7, 11) is 6.41. The molecule has 0 bridgehead atoms. The molecule has 0 aliphatic heterocycles. The molecule has 0 atom stereocenters. The quantitative estimate of drug-likeness (QED) is 0.730. The minimum atomic E-state index is 0.864. The largest absolute Gasteiger partial charge is 0.399 e. The molecule has 0 radical (unpaired) electrons. The van der Waals surface area contributed by atoms with Gasteiger partial charge >= 0.3 is 0 Å². The van der Waals surface area contributed by atoms with Crippen LogP contribution in [0.1, 0.15) is 12.0 Å². The van der Waals surface area contributed by atoms with Gasteiger partial charge in [0.15, 0.2) is 0 Å². The summed E-state index contributed by atoms with van der Waals surface area (Å²) < 4.78 is 0. The van der Waals surface area contributed by atoms with Crippen molar-refractivity contribution in [1.29, 1.82) is 0 Å². The number of rotatable bonds is 7. The first kappa shape index (κ1) is 14.0. The van der Waals surface area contributed by atoms with Gasteiger partial charge in [-0.1, -0.05) is 12.1 Å². The summed E-state index contributed by atoms with van der Waals surface area (Å²) in [6.45, 7) is 3.39. The highest BCUT2D eigenvalue weighted by atomic mass is 15.1. The fourth-order valence-corrected chi connectivity index (χ4v) is 1.78. The maximum atomic E-state index is 5.76. The minimum Gasteiger partial charge on any atom is -0.399 e. The van der Waals surface area contributed by atoms with E-state index in [0.717, 1.165) is 31.7 Å². The highest BCUT2D eigenvalue weighted by Gasteiger charge is 2.00. The highest BCUT2D eigenvalue weighted by molar-refractivity contribution is 5.40. The number of benzene rings is 1. The van der Waals surface area contributed by atoms with E-state index in [1.54, 1.807) is 0 Å². The molecule has 0 saturated carbocycles. The van der Waals surface area contributed by atoms with Crippen molar-refractivity contribution in [3.63, 3.8) is 0 Å². The van der Waals surface area contributed by atoms with Gasteiger partial charge in [-0.2, -0.15) is 0 Å². The maximum absolute atomic E-state index is 5.76. The number of nitrogen functional groups attached to an aromatic ring is 1. The van der Waals surface area contributed by atoms with Gasteiger partial charge in [-0.25, -0.2) is 0 Å². The van der Waals surface area contributed by atoms with E-state index in [0.29, 0.717) is 0 Å². The molecule has 0 aromatic heterocycles. The van der Waals surface area contributed by atoms with Crippen LogP contribution in [0.25, 0.3) is 0 Å². The Labute approximate surface area is 105 Å². The molecule has 0 aliphatic carbocycles. The molecule has 1 rings (SSSR count). The lowest BCUT2D eigenvalue weighted by Crippen LogP contribution is -2.29. The zero-order valence-corrected chi connectivity index (χ0v) is 11.3. The van der Waals surface area contributed by atoms with Crippen LogP contribution in [0, 0.1) is 0 Å². The van der Waals surface area contributed by atoms with E-state index >= 15 is 0 Å². The van der Waals surface area contributed by atoms with Crippen LogP contribution in [0.5, 0.6) is 0 Å². The summed E-state index contributed by atoms with van der Waals surface area (Å²) in [6, 6.07) is 8.18. The minimum absolute atomic E-state index is 0.864. The summed E-state index contributed by atoms with van der Waals surface area (Å²) >= 11 is 0. The van der Waals surface area contributed by atoms with E-state index in [1.165, 1.54) is 12.0 Å². The normalized spacial score (nSPS) is 11.4. The maximum Gasteiger partial charge on any atom is 0.0316 e. The number of hydrogen-bond acceptors (Lipinski definition) is 3. The van der Waals surface area contributed by atoms with Gasteiger partial charge in [0.25, 0.3) is 0 Å². The number of nitrogens with zero attached hydrogens (tertiary/aromatic N) is 2. The first-order valence-electron chi connectivity index (χ1n) is 6.25. The van der Waals surface area contributed by atoms with Crippen molar-refractivity contribution in [2.24, 2.45) is 0 Å². The van der Waals surface area contributed by atoms with Gasteiger partial charge < -0.3 is 15.5 Å². The zero-order chi connectivity index (χ0) is 12.7. The van der Waals surface area contributed by atoms with Crippen LogP contribution in [-0.2, 0) is 6.42 Å². The molecule has 0 saturated heterocycles. The van der Waals surface area contributed by atoms with Gasteiger partial charge in [0.2, 0.25) is 0 Å². The fourth-order valence-electron chi connectivity index (χ4n) is 1.78.